The first-order valence-corrected chi connectivity index (χ1v) is 15.9. The van der Waals surface area contributed by atoms with Crippen LogP contribution in [0.3, 0.4) is 0 Å². The fourth-order valence-corrected chi connectivity index (χ4v) is 6.04. The number of hydrogen-bond donors (Lipinski definition) is 4. The molecule has 6 unspecified atom stereocenters. The maximum absolute atomic E-state index is 14.0. The number of cyclic esters (lactones) is 1. The number of allylic oxidation sites excluding steroid dienone is 2. The molecule has 0 aliphatic carbocycles. The smallest absolute Gasteiger partial charge is 0.308 e. The summed E-state index contributed by atoms with van der Waals surface area (Å²) in [5.41, 5.74) is 2.24. The van der Waals surface area contributed by atoms with Gasteiger partial charge >= 0.3 is 5.97 Å². The van der Waals surface area contributed by atoms with Crippen molar-refractivity contribution < 1.29 is 34.1 Å². The van der Waals surface area contributed by atoms with E-state index < -0.39 is 47.9 Å². The maximum atomic E-state index is 14.0. The van der Waals surface area contributed by atoms with E-state index in [0.29, 0.717) is 28.4 Å². The number of nitrogens with one attached hydrogen (secondary N) is 2. The molecule has 0 saturated heterocycles. The molecule has 1 aliphatic rings. The standard InChI is InChI=1S/C34H44BrN3O7/c1-19-13-20(2)15-22(4)45-31(41)18-28(25-8-10-26(39)11-9-25)37-33(43)29(17-24-7-12-30(40)27(35)16-24)38(6)34(44)23(5)36-32(42)21(3)14-19/h7-13,16,20-23,28-29,39-40H,14-15,17-18H2,1-6H3,(H,36,42)(H,37,43)/b19-13-. The molecule has 0 aromatic heterocycles. The Hall–Kier alpha value is -3.86. The zero-order valence-electron chi connectivity index (χ0n) is 26.7. The second kappa shape index (κ2) is 15.9. The van der Waals surface area contributed by atoms with E-state index in [1.807, 2.05) is 20.8 Å². The highest BCUT2D eigenvalue weighted by atomic mass is 79.9. The van der Waals surface area contributed by atoms with Crippen molar-refractivity contribution in [3.8, 4) is 11.5 Å². The second-order valence-corrected chi connectivity index (χ2v) is 13.0. The lowest BCUT2D eigenvalue weighted by Gasteiger charge is -2.32. The van der Waals surface area contributed by atoms with Gasteiger partial charge in [-0.3, -0.25) is 19.2 Å². The maximum Gasteiger partial charge on any atom is 0.308 e. The molecular formula is C34H44BrN3O7. The summed E-state index contributed by atoms with van der Waals surface area (Å²) >= 11 is 3.30. The summed E-state index contributed by atoms with van der Waals surface area (Å²) in [6, 6.07) is 8.17. The molecule has 1 heterocycles. The Bertz CT molecular complexity index is 1410. The van der Waals surface area contributed by atoms with Crippen LogP contribution in [0.4, 0.5) is 0 Å². The van der Waals surface area contributed by atoms with E-state index >= 15 is 0 Å². The van der Waals surface area contributed by atoms with Crippen LogP contribution in [0.15, 0.2) is 58.6 Å². The van der Waals surface area contributed by atoms with Gasteiger partial charge in [-0.05, 0) is 90.9 Å². The van der Waals surface area contributed by atoms with E-state index in [1.165, 1.54) is 30.1 Å². The Kier molecular flexibility index (Phi) is 12.6. The van der Waals surface area contributed by atoms with Crippen molar-refractivity contribution in [2.24, 2.45) is 11.8 Å². The zero-order chi connectivity index (χ0) is 33.4. The number of carbonyl (C=O) groups excluding carboxylic acids is 4. The zero-order valence-corrected chi connectivity index (χ0v) is 28.3. The average Bonchev–Trinajstić information content (AvgIpc) is 2.95. The summed E-state index contributed by atoms with van der Waals surface area (Å²) in [7, 11) is 1.50. The van der Waals surface area contributed by atoms with E-state index in [4.69, 9.17) is 4.74 Å². The molecule has 6 atom stereocenters. The molecule has 3 rings (SSSR count). The first-order chi connectivity index (χ1) is 21.1. The molecule has 1 aliphatic heterocycles. The molecule has 10 nitrogen and oxygen atoms in total. The van der Waals surface area contributed by atoms with E-state index in [-0.39, 0.29) is 36.2 Å². The topological polar surface area (TPSA) is 145 Å². The molecule has 45 heavy (non-hydrogen) atoms. The van der Waals surface area contributed by atoms with Gasteiger partial charge in [-0.15, -0.1) is 0 Å². The summed E-state index contributed by atoms with van der Waals surface area (Å²) in [4.78, 5) is 55.2. The van der Waals surface area contributed by atoms with E-state index in [0.717, 1.165) is 5.57 Å². The number of nitrogens with zero attached hydrogens (tertiary/aromatic N) is 1. The summed E-state index contributed by atoms with van der Waals surface area (Å²) in [5.74, 6) is -2.06. The highest BCUT2D eigenvalue weighted by Gasteiger charge is 2.33. The first-order valence-electron chi connectivity index (χ1n) is 15.1. The molecule has 2 aromatic carbocycles. The van der Waals surface area contributed by atoms with Gasteiger partial charge in [0.15, 0.2) is 0 Å². The van der Waals surface area contributed by atoms with Gasteiger partial charge in [-0.25, -0.2) is 0 Å². The number of likely N-dealkylation sites (N-methyl/N-ethyl adjacent to an activating group) is 1. The number of benzene rings is 2. The van der Waals surface area contributed by atoms with Crippen LogP contribution in [0.1, 0.15) is 71.0 Å². The van der Waals surface area contributed by atoms with Crippen molar-refractivity contribution in [3.05, 3.63) is 69.7 Å². The molecule has 0 bridgehead atoms. The quantitative estimate of drug-likeness (QED) is 0.265. The van der Waals surface area contributed by atoms with Gasteiger partial charge in [-0.2, -0.15) is 0 Å². The minimum atomic E-state index is -1.05. The number of phenolic OH excluding ortho intramolecular Hbond substituents is 2. The summed E-state index contributed by atoms with van der Waals surface area (Å²) < 4.78 is 6.17. The summed E-state index contributed by atoms with van der Waals surface area (Å²) in [6.45, 7) is 9.17. The number of hydrogen-bond acceptors (Lipinski definition) is 7. The van der Waals surface area contributed by atoms with E-state index in [9.17, 15) is 29.4 Å². The minimum absolute atomic E-state index is 0.0261. The molecule has 0 saturated carbocycles. The van der Waals surface area contributed by atoms with Crippen LogP contribution in [0, 0.1) is 11.8 Å². The van der Waals surface area contributed by atoms with Crippen LogP contribution in [0.2, 0.25) is 0 Å². The van der Waals surface area contributed by atoms with Gasteiger partial charge in [0.2, 0.25) is 17.7 Å². The van der Waals surface area contributed by atoms with Crippen LogP contribution >= 0.6 is 15.9 Å². The van der Waals surface area contributed by atoms with Crippen molar-refractivity contribution in [2.75, 3.05) is 7.05 Å². The number of ether oxygens (including phenoxy) is 1. The van der Waals surface area contributed by atoms with Crippen molar-refractivity contribution in [1.29, 1.82) is 0 Å². The summed E-state index contributed by atoms with van der Waals surface area (Å²) in [6.07, 6.45) is 2.63. The second-order valence-electron chi connectivity index (χ2n) is 12.2. The molecule has 4 N–H and O–H groups in total. The van der Waals surface area contributed by atoms with Crippen molar-refractivity contribution >= 4 is 39.6 Å². The number of phenols is 2. The number of aromatic hydroxyl groups is 2. The lowest BCUT2D eigenvalue weighted by Crippen LogP contribution is -2.55. The van der Waals surface area contributed by atoms with Gasteiger partial charge in [0.25, 0.3) is 0 Å². The number of rotatable bonds is 3. The van der Waals surface area contributed by atoms with Crippen molar-refractivity contribution in [3.63, 3.8) is 0 Å². The Balaban J connectivity index is 2.03. The molecule has 11 heteroatoms. The SMILES string of the molecule is C/C1=C/C(C)CC(C)OC(=O)CC(c2ccc(O)cc2)NC(=O)C(Cc2ccc(O)c(Br)c2)N(C)C(=O)C(C)NC(=O)C(C)C1. The van der Waals surface area contributed by atoms with Crippen LogP contribution in [-0.4, -0.2) is 64.0 Å². The van der Waals surface area contributed by atoms with Gasteiger partial charge in [-0.1, -0.05) is 43.7 Å². The first kappa shape index (κ1) is 35.6. The van der Waals surface area contributed by atoms with Gasteiger partial charge in [0.05, 0.1) is 23.0 Å². The number of esters is 1. The van der Waals surface area contributed by atoms with Crippen LogP contribution in [0.25, 0.3) is 0 Å². The highest BCUT2D eigenvalue weighted by molar-refractivity contribution is 9.10. The van der Waals surface area contributed by atoms with Gasteiger partial charge in [0, 0.05) is 19.4 Å². The molecule has 2 aromatic rings. The van der Waals surface area contributed by atoms with Gasteiger partial charge < -0.3 is 30.5 Å². The van der Waals surface area contributed by atoms with E-state index in [1.54, 1.807) is 38.1 Å². The van der Waals surface area contributed by atoms with Crippen molar-refractivity contribution in [2.45, 2.75) is 84.5 Å². The third-order valence-electron chi connectivity index (χ3n) is 7.95. The highest BCUT2D eigenvalue weighted by Crippen LogP contribution is 2.27. The lowest BCUT2D eigenvalue weighted by molar-refractivity contribution is -0.149. The molecular weight excluding hydrogens is 642 g/mol. The average molecular weight is 687 g/mol. The van der Waals surface area contributed by atoms with E-state index in [2.05, 4.69) is 32.6 Å². The Morgan fingerprint density at radius 2 is 1.60 bits per heavy atom. The Morgan fingerprint density at radius 3 is 2.24 bits per heavy atom. The fraction of sp³-hybridized carbons (Fsp3) is 0.471. The third-order valence-corrected chi connectivity index (χ3v) is 8.59. The van der Waals surface area contributed by atoms with Crippen molar-refractivity contribution in [1.82, 2.24) is 15.5 Å². The number of amides is 3. The normalized spacial score (nSPS) is 27.6. The van der Waals surface area contributed by atoms with Gasteiger partial charge in [0.1, 0.15) is 23.6 Å². The van der Waals surface area contributed by atoms with Crippen LogP contribution in [-0.2, 0) is 30.3 Å². The number of halogens is 1. The molecule has 0 radical (unpaired) electrons. The largest absolute Gasteiger partial charge is 0.508 e. The van der Waals surface area contributed by atoms with Crippen LogP contribution < -0.4 is 10.6 Å². The van der Waals surface area contributed by atoms with Crippen LogP contribution in [0.5, 0.6) is 11.5 Å². The molecule has 244 valence electrons. The third kappa shape index (κ3) is 10.3. The molecule has 0 fully saturated rings. The predicted molar refractivity (Wildman–Crippen MR) is 174 cm³/mol. The lowest BCUT2D eigenvalue weighted by atomic mass is 9.95. The Morgan fingerprint density at radius 1 is 0.933 bits per heavy atom. The number of carbonyl (C=O) groups is 4. The molecule has 0 spiro atoms. The monoisotopic (exact) mass is 685 g/mol. The summed E-state index contributed by atoms with van der Waals surface area (Å²) in [5, 5.41) is 25.6. The predicted octanol–water partition coefficient (Wildman–Crippen LogP) is 4.93. The minimum Gasteiger partial charge on any atom is -0.508 e. The Labute approximate surface area is 273 Å². The molecule has 3 amide bonds. The fourth-order valence-electron chi connectivity index (χ4n) is 5.62.